The predicted molar refractivity (Wildman–Crippen MR) is 127 cm³/mol. The number of pyridine rings is 1. The highest BCUT2D eigenvalue weighted by atomic mass is 16.3. The van der Waals surface area contributed by atoms with Gasteiger partial charge < -0.3 is 15.1 Å². The molecule has 0 saturated heterocycles. The van der Waals surface area contributed by atoms with Crippen LogP contribution in [0.3, 0.4) is 0 Å². The molecule has 1 aromatic carbocycles. The number of aryl methyl sites for hydroxylation is 1. The van der Waals surface area contributed by atoms with Crippen LogP contribution in [-0.2, 0) is 9.59 Å². The monoisotopic (exact) mass is 460 g/mol. The summed E-state index contributed by atoms with van der Waals surface area (Å²) in [6.07, 6.45) is 8.58. The van der Waals surface area contributed by atoms with E-state index in [9.17, 15) is 14.4 Å². The molecule has 1 atom stereocenters. The van der Waals surface area contributed by atoms with E-state index in [1.807, 2.05) is 25.1 Å². The summed E-state index contributed by atoms with van der Waals surface area (Å²) in [4.78, 5) is 45.1. The maximum atomic E-state index is 13.6. The lowest BCUT2D eigenvalue weighted by atomic mass is 10.0. The molecule has 1 aliphatic carbocycles. The molecule has 2 aromatic heterocycles. The molecule has 3 aromatic rings. The Bertz CT molecular complexity index is 1120. The van der Waals surface area contributed by atoms with Gasteiger partial charge in [0.1, 0.15) is 6.04 Å². The van der Waals surface area contributed by atoms with Crippen molar-refractivity contribution < 1.29 is 18.8 Å². The number of amides is 3. The van der Waals surface area contributed by atoms with Gasteiger partial charge in [-0.2, -0.15) is 0 Å². The molecule has 1 saturated carbocycles. The molecule has 2 heterocycles. The van der Waals surface area contributed by atoms with Gasteiger partial charge in [-0.1, -0.05) is 25.0 Å². The lowest BCUT2D eigenvalue weighted by molar-refractivity contribution is -0.126. The van der Waals surface area contributed by atoms with Crippen molar-refractivity contribution in [1.82, 2.24) is 15.6 Å². The highest BCUT2D eigenvalue weighted by molar-refractivity contribution is 6.04. The van der Waals surface area contributed by atoms with Crippen LogP contribution in [0, 0.1) is 6.92 Å². The Kier molecular flexibility index (Phi) is 7.37. The zero-order valence-corrected chi connectivity index (χ0v) is 19.1. The number of hydrogen-bond donors (Lipinski definition) is 2. The fourth-order valence-electron chi connectivity index (χ4n) is 4.26. The van der Waals surface area contributed by atoms with Crippen LogP contribution in [0.1, 0.15) is 53.4 Å². The third-order valence-electron chi connectivity index (χ3n) is 5.92. The number of carbonyl (C=O) groups excluding carboxylic acids is 3. The van der Waals surface area contributed by atoms with E-state index in [1.54, 1.807) is 36.7 Å². The van der Waals surface area contributed by atoms with Crippen molar-refractivity contribution in [3.8, 4) is 0 Å². The zero-order valence-electron chi connectivity index (χ0n) is 19.1. The summed E-state index contributed by atoms with van der Waals surface area (Å²) in [6.45, 7) is 1.62. The van der Waals surface area contributed by atoms with Gasteiger partial charge in [-0.25, -0.2) is 0 Å². The summed E-state index contributed by atoms with van der Waals surface area (Å²) in [5.74, 6) is -1.07. The highest BCUT2D eigenvalue weighted by Gasteiger charge is 2.34. The van der Waals surface area contributed by atoms with E-state index in [2.05, 4.69) is 15.6 Å². The van der Waals surface area contributed by atoms with Crippen LogP contribution in [0.2, 0.25) is 0 Å². The van der Waals surface area contributed by atoms with Gasteiger partial charge in [0.2, 0.25) is 11.8 Å². The molecule has 3 amide bonds. The van der Waals surface area contributed by atoms with Crippen molar-refractivity contribution in [3.63, 3.8) is 0 Å². The molecule has 1 aliphatic rings. The van der Waals surface area contributed by atoms with E-state index >= 15 is 0 Å². The van der Waals surface area contributed by atoms with E-state index < -0.39 is 17.9 Å². The van der Waals surface area contributed by atoms with Gasteiger partial charge in [-0.15, -0.1) is 0 Å². The Morgan fingerprint density at radius 2 is 1.85 bits per heavy atom. The SMILES string of the molecule is Cc1cccc(N(C(=O)CNC(=O)c2ccco2)[C@H](C(=O)NC2CCCC2)c2ccncc2)c1. The normalized spacial score (nSPS) is 14.4. The largest absolute Gasteiger partial charge is 0.459 e. The second-order valence-electron chi connectivity index (χ2n) is 8.44. The van der Waals surface area contributed by atoms with Gasteiger partial charge >= 0.3 is 0 Å². The standard InChI is InChI=1S/C26H28N4O4/c1-18-6-4-9-21(16-18)30(23(31)17-28-25(32)22-10-5-15-34-22)24(19-11-13-27-14-12-19)26(33)29-20-7-2-3-8-20/h4-6,9-16,20,24H,2-3,7-8,17H2,1H3,(H,28,32)(H,29,33)/t24-/m0/s1. The third kappa shape index (κ3) is 5.51. The van der Waals surface area contributed by atoms with Crippen molar-refractivity contribution >= 4 is 23.4 Å². The average molecular weight is 461 g/mol. The van der Waals surface area contributed by atoms with Gasteiger partial charge in [0.05, 0.1) is 12.8 Å². The zero-order chi connectivity index (χ0) is 23.9. The first-order valence-electron chi connectivity index (χ1n) is 11.4. The lowest BCUT2D eigenvalue weighted by Crippen LogP contribution is -2.49. The van der Waals surface area contributed by atoms with Crippen LogP contribution in [-0.4, -0.2) is 35.3 Å². The molecule has 0 aliphatic heterocycles. The number of benzene rings is 1. The van der Waals surface area contributed by atoms with E-state index in [1.165, 1.54) is 17.2 Å². The second kappa shape index (κ2) is 10.8. The van der Waals surface area contributed by atoms with Gasteiger partial charge in [-0.05, 0) is 67.3 Å². The number of aromatic nitrogens is 1. The maximum Gasteiger partial charge on any atom is 0.287 e. The summed E-state index contributed by atoms with van der Waals surface area (Å²) < 4.78 is 5.11. The van der Waals surface area contributed by atoms with E-state index in [0.717, 1.165) is 31.2 Å². The fraction of sp³-hybridized carbons (Fsp3) is 0.308. The molecule has 0 unspecified atom stereocenters. The van der Waals surface area contributed by atoms with Crippen molar-refractivity contribution in [2.45, 2.75) is 44.7 Å². The molecular formula is C26H28N4O4. The molecule has 4 rings (SSSR count). The highest BCUT2D eigenvalue weighted by Crippen LogP contribution is 2.29. The Morgan fingerprint density at radius 1 is 1.09 bits per heavy atom. The van der Waals surface area contributed by atoms with E-state index in [-0.39, 0.29) is 24.3 Å². The van der Waals surface area contributed by atoms with Gasteiger partial charge in [-0.3, -0.25) is 24.3 Å². The number of hydrogen-bond acceptors (Lipinski definition) is 5. The minimum atomic E-state index is -0.918. The van der Waals surface area contributed by atoms with Gasteiger partial charge in [0.15, 0.2) is 5.76 Å². The summed E-state index contributed by atoms with van der Waals surface area (Å²) in [5, 5.41) is 5.73. The maximum absolute atomic E-state index is 13.6. The number of carbonyl (C=O) groups is 3. The smallest absolute Gasteiger partial charge is 0.287 e. The first-order valence-corrected chi connectivity index (χ1v) is 11.4. The molecule has 1 fully saturated rings. The Hall–Kier alpha value is -3.94. The third-order valence-corrected chi connectivity index (χ3v) is 5.92. The molecule has 8 nitrogen and oxygen atoms in total. The Labute approximate surface area is 198 Å². The fourth-order valence-corrected chi connectivity index (χ4v) is 4.26. The first-order chi connectivity index (χ1) is 16.5. The van der Waals surface area contributed by atoms with Crippen LogP contribution in [0.25, 0.3) is 0 Å². The molecule has 0 bridgehead atoms. The van der Waals surface area contributed by atoms with Crippen LogP contribution in [0.15, 0.2) is 71.6 Å². The van der Waals surface area contributed by atoms with Crippen molar-refractivity contribution in [2.24, 2.45) is 0 Å². The number of rotatable bonds is 8. The predicted octanol–water partition coefficient (Wildman–Crippen LogP) is 3.55. The summed E-state index contributed by atoms with van der Waals surface area (Å²) in [6, 6.07) is 13.2. The minimum Gasteiger partial charge on any atom is -0.459 e. The Balaban J connectivity index is 1.66. The number of nitrogens with one attached hydrogen (secondary N) is 2. The molecule has 0 radical (unpaired) electrons. The molecule has 0 spiro atoms. The van der Waals surface area contributed by atoms with Gasteiger partial charge in [0, 0.05) is 24.1 Å². The van der Waals surface area contributed by atoms with Crippen LogP contribution >= 0.6 is 0 Å². The summed E-state index contributed by atoms with van der Waals surface area (Å²) in [7, 11) is 0. The summed E-state index contributed by atoms with van der Waals surface area (Å²) in [5.41, 5.74) is 2.15. The quantitative estimate of drug-likeness (QED) is 0.535. The lowest BCUT2D eigenvalue weighted by Gasteiger charge is -2.32. The van der Waals surface area contributed by atoms with Gasteiger partial charge in [0.25, 0.3) is 5.91 Å². The minimum absolute atomic E-state index is 0.0879. The second-order valence-corrected chi connectivity index (χ2v) is 8.44. The van der Waals surface area contributed by atoms with Crippen LogP contribution in [0.4, 0.5) is 5.69 Å². The molecular weight excluding hydrogens is 432 g/mol. The van der Waals surface area contributed by atoms with Crippen molar-refractivity contribution in [2.75, 3.05) is 11.4 Å². The van der Waals surface area contributed by atoms with Crippen LogP contribution in [0.5, 0.6) is 0 Å². The number of furan rings is 1. The van der Waals surface area contributed by atoms with Crippen LogP contribution < -0.4 is 15.5 Å². The molecule has 2 N–H and O–H groups in total. The number of nitrogens with zero attached hydrogens (tertiary/aromatic N) is 2. The van der Waals surface area contributed by atoms with E-state index in [0.29, 0.717) is 11.3 Å². The first kappa shape index (κ1) is 23.2. The molecule has 176 valence electrons. The topological polar surface area (TPSA) is 105 Å². The Morgan fingerprint density at radius 3 is 2.53 bits per heavy atom. The average Bonchev–Trinajstić information content (AvgIpc) is 3.56. The van der Waals surface area contributed by atoms with Crippen molar-refractivity contribution in [1.29, 1.82) is 0 Å². The molecule has 8 heteroatoms. The van der Waals surface area contributed by atoms with E-state index in [4.69, 9.17) is 4.42 Å². The number of anilines is 1. The summed E-state index contributed by atoms with van der Waals surface area (Å²) >= 11 is 0. The van der Waals surface area contributed by atoms with Crippen molar-refractivity contribution in [3.05, 3.63) is 84.1 Å². The molecule has 34 heavy (non-hydrogen) atoms.